The first-order valence-electron chi connectivity index (χ1n) is 9.19. The predicted octanol–water partition coefficient (Wildman–Crippen LogP) is 3.71. The highest BCUT2D eigenvalue weighted by Crippen LogP contribution is 2.32. The van der Waals surface area contributed by atoms with Crippen molar-refractivity contribution >= 4 is 11.0 Å². The normalized spacial score (nSPS) is 12.4. The molecule has 1 atom stereocenters. The lowest BCUT2D eigenvalue weighted by Crippen LogP contribution is -2.11. The number of H-pyrrole nitrogens is 1. The van der Waals surface area contributed by atoms with Gasteiger partial charge >= 0.3 is 0 Å². The van der Waals surface area contributed by atoms with Crippen LogP contribution in [0.2, 0.25) is 0 Å². The third-order valence-electron chi connectivity index (χ3n) is 4.58. The summed E-state index contributed by atoms with van der Waals surface area (Å²) in [6.45, 7) is 6.43. The molecule has 0 saturated carbocycles. The molecule has 1 unspecified atom stereocenters. The molecule has 4 heterocycles. The smallest absolute Gasteiger partial charge is 0.248 e. The highest BCUT2D eigenvalue weighted by molar-refractivity contribution is 5.93. The Labute approximate surface area is 162 Å². The first-order valence-corrected chi connectivity index (χ1v) is 9.19. The molecule has 0 aromatic carbocycles. The summed E-state index contributed by atoms with van der Waals surface area (Å²) in [5.74, 6) is 0. The van der Waals surface area contributed by atoms with Gasteiger partial charge in [0.05, 0.1) is 0 Å². The van der Waals surface area contributed by atoms with Crippen LogP contribution in [0.25, 0.3) is 33.4 Å². The van der Waals surface area contributed by atoms with Crippen molar-refractivity contribution in [3.63, 3.8) is 0 Å². The summed E-state index contributed by atoms with van der Waals surface area (Å²) in [7, 11) is 0. The molecule has 4 rings (SSSR count). The van der Waals surface area contributed by atoms with Crippen molar-refractivity contribution in [2.45, 2.75) is 27.0 Å². The molecular formula is C21H21N5O2. The highest BCUT2D eigenvalue weighted by atomic mass is 16.5. The van der Waals surface area contributed by atoms with E-state index in [1.165, 1.54) is 0 Å². The number of hydrogen-bond donors (Lipinski definition) is 1. The average Bonchev–Trinajstić information content (AvgIpc) is 3.07. The molecule has 28 heavy (non-hydrogen) atoms. The summed E-state index contributed by atoms with van der Waals surface area (Å²) >= 11 is 0. The second kappa shape index (κ2) is 7.36. The number of rotatable bonds is 5. The van der Waals surface area contributed by atoms with Crippen molar-refractivity contribution in [2.75, 3.05) is 6.61 Å². The summed E-state index contributed by atoms with van der Waals surface area (Å²) in [5, 5.41) is 5.70. The van der Waals surface area contributed by atoms with Gasteiger partial charge in [-0.25, -0.2) is 9.67 Å². The Balaban J connectivity index is 1.95. The van der Waals surface area contributed by atoms with E-state index in [0.717, 1.165) is 39.1 Å². The fourth-order valence-electron chi connectivity index (χ4n) is 3.28. The zero-order valence-electron chi connectivity index (χ0n) is 16.0. The lowest BCUT2D eigenvalue weighted by Gasteiger charge is -2.12. The van der Waals surface area contributed by atoms with E-state index in [9.17, 15) is 4.79 Å². The molecule has 0 amide bonds. The molecule has 0 spiro atoms. The molecule has 1 N–H and O–H groups in total. The van der Waals surface area contributed by atoms with Gasteiger partial charge in [-0.3, -0.25) is 9.78 Å². The Morgan fingerprint density at radius 3 is 2.75 bits per heavy atom. The van der Waals surface area contributed by atoms with Crippen LogP contribution in [0.3, 0.4) is 0 Å². The van der Waals surface area contributed by atoms with E-state index in [0.29, 0.717) is 6.61 Å². The number of hydrogen-bond acceptors (Lipinski definition) is 5. The highest BCUT2D eigenvalue weighted by Gasteiger charge is 2.18. The van der Waals surface area contributed by atoms with Crippen molar-refractivity contribution < 1.29 is 4.74 Å². The second-order valence-electron chi connectivity index (χ2n) is 6.57. The number of nitrogens with zero attached hydrogens (tertiary/aromatic N) is 4. The Kier molecular flexibility index (Phi) is 4.75. The van der Waals surface area contributed by atoms with Gasteiger partial charge in [-0.05, 0) is 50.6 Å². The van der Waals surface area contributed by atoms with Crippen LogP contribution < -0.4 is 5.56 Å². The van der Waals surface area contributed by atoms with Crippen LogP contribution in [-0.4, -0.2) is 31.3 Å². The number of aromatic nitrogens is 5. The maximum absolute atomic E-state index is 11.7. The summed E-state index contributed by atoms with van der Waals surface area (Å²) in [4.78, 5) is 23.3. The predicted molar refractivity (Wildman–Crippen MR) is 108 cm³/mol. The van der Waals surface area contributed by atoms with E-state index in [2.05, 4.69) is 15.0 Å². The van der Waals surface area contributed by atoms with E-state index in [4.69, 9.17) is 9.84 Å². The second-order valence-corrected chi connectivity index (χ2v) is 6.57. The Morgan fingerprint density at radius 1 is 1.14 bits per heavy atom. The molecule has 0 aliphatic carbocycles. The minimum absolute atomic E-state index is 0.150. The third kappa shape index (κ3) is 3.32. The van der Waals surface area contributed by atoms with Crippen molar-refractivity contribution in [3.05, 3.63) is 65.0 Å². The van der Waals surface area contributed by atoms with Gasteiger partial charge in [0.2, 0.25) is 5.56 Å². The first-order chi connectivity index (χ1) is 13.6. The molecular weight excluding hydrogens is 354 g/mol. The monoisotopic (exact) mass is 375 g/mol. The van der Waals surface area contributed by atoms with Crippen LogP contribution >= 0.6 is 0 Å². The van der Waals surface area contributed by atoms with Crippen LogP contribution in [-0.2, 0) is 4.74 Å². The Hall–Kier alpha value is -3.32. The average molecular weight is 375 g/mol. The van der Waals surface area contributed by atoms with Crippen molar-refractivity contribution in [1.29, 1.82) is 0 Å². The topological polar surface area (TPSA) is 85.7 Å². The zero-order chi connectivity index (χ0) is 19.7. The first kappa shape index (κ1) is 18.1. The fourth-order valence-corrected chi connectivity index (χ4v) is 3.28. The molecule has 0 radical (unpaired) electrons. The van der Waals surface area contributed by atoms with Gasteiger partial charge in [0.1, 0.15) is 11.9 Å². The molecule has 7 heteroatoms. The number of ether oxygens (including phenoxy) is 1. The van der Waals surface area contributed by atoms with Crippen LogP contribution in [0.1, 0.15) is 25.8 Å². The van der Waals surface area contributed by atoms with Gasteiger partial charge < -0.3 is 9.72 Å². The molecule has 7 nitrogen and oxygen atoms in total. The van der Waals surface area contributed by atoms with Crippen molar-refractivity contribution in [2.24, 2.45) is 0 Å². The maximum atomic E-state index is 11.7. The zero-order valence-corrected chi connectivity index (χ0v) is 16.0. The van der Waals surface area contributed by atoms with Gasteiger partial charge in [0, 0.05) is 53.5 Å². The standard InChI is InChI=1S/C21H21N5O2/c1-4-28-14(3)26-21-18(20(25-26)16-6-7-22-13(2)9-16)10-17(12-24-21)15-5-8-23-19(27)11-15/h5-12,14H,4H2,1-3H3,(H,23,27). The third-order valence-corrected chi connectivity index (χ3v) is 4.58. The van der Waals surface area contributed by atoms with Crippen LogP contribution in [0.15, 0.2) is 53.7 Å². The van der Waals surface area contributed by atoms with Crippen molar-refractivity contribution in [3.8, 4) is 22.4 Å². The maximum Gasteiger partial charge on any atom is 0.248 e. The van der Waals surface area contributed by atoms with E-state index < -0.39 is 0 Å². The summed E-state index contributed by atoms with van der Waals surface area (Å²) < 4.78 is 7.54. The van der Waals surface area contributed by atoms with E-state index in [-0.39, 0.29) is 11.8 Å². The van der Waals surface area contributed by atoms with E-state index in [1.54, 1.807) is 29.3 Å². The molecule has 0 bridgehead atoms. The molecule has 4 aromatic heterocycles. The largest absolute Gasteiger partial charge is 0.357 e. The summed E-state index contributed by atoms with van der Waals surface area (Å²) in [6, 6.07) is 9.37. The van der Waals surface area contributed by atoms with Crippen LogP contribution in [0, 0.1) is 6.92 Å². The molecule has 0 aliphatic rings. The SMILES string of the molecule is CCOC(C)n1nc(-c2ccnc(C)c2)c2cc(-c3cc[nH]c(=O)c3)cnc21. The van der Waals surface area contributed by atoms with Crippen LogP contribution in [0.4, 0.5) is 0 Å². The number of aryl methyl sites for hydroxylation is 1. The number of nitrogens with one attached hydrogen (secondary N) is 1. The summed E-state index contributed by atoms with van der Waals surface area (Å²) in [6.07, 6.45) is 4.92. The molecule has 4 aromatic rings. The quantitative estimate of drug-likeness (QED) is 0.575. The number of fused-ring (bicyclic) bond motifs is 1. The number of pyridine rings is 3. The minimum Gasteiger partial charge on any atom is -0.357 e. The molecule has 0 fully saturated rings. The van der Waals surface area contributed by atoms with Crippen LogP contribution in [0.5, 0.6) is 0 Å². The summed E-state index contributed by atoms with van der Waals surface area (Å²) in [5.41, 5.74) is 4.94. The lowest BCUT2D eigenvalue weighted by atomic mass is 10.1. The molecule has 0 aliphatic heterocycles. The van der Waals surface area contributed by atoms with Gasteiger partial charge in [0.15, 0.2) is 5.65 Å². The Morgan fingerprint density at radius 2 is 2.00 bits per heavy atom. The number of aromatic amines is 1. The van der Waals surface area contributed by atoms with Gasteiger partial charge in [0.25, 0.3) is 0 Å². The van der Waals surface area contributed by atoms with E-state index >= 15 is 0 Å². The van der Waals surface area contributed by atoms with E-state index in [1.807, 2.05) is 45.0 Å². The van der Waals surface area contributed by atoms with Gasteiger partial charge in [-0.1, -0.05) is 0 Å². The fraction of sp³-hybridized carbons (Fsp3) is 0.238. The lowest BCUT2D eigenvalue weighted by molar-refractivity contribution is 0.0189. The van der Waals surface area contributed by atoms with Gasteiger partial charge in [-0.2, -0.15) is 5.10 Å². The minimum atomic E-state index is -0.248. The van der Waals surface area contributed by atoms with Gasteiger partial charge in [-0.15, -0.1) is 0 Å². The molecule has 142 valence electrons. The van der Waals surface area contributed by atoms with Crippen molar-refractivity contribution in [1.82, 2.24) is 24.7 Å². The molecule has 0 saturated heterocycles. The Bertz CT molecular complexity index is 1190.